The summed E-state index contributed by atoms with van der Waals surface area (Å²) in [6, 6.07) is 18.0. The van der Waals surface area contributed by atoms with Crippen molar-refractivity contribution in [2.24, 2.45) is 5.41 Å². The van der Waals surface area contributed by atoms with Crippen LogP contribution in [0.25, 0.3) is 11.1 Å². The van der Waals surface area contributed by atoms with Gasteiger partial charge in [-0.1, -0.05) is 63.2 Å². The first-order valence-electron chi connectivity index (χ1n) is 7.75. The number of fused-ring (bicyclic) bond motifs is 3. The van der Waals surface area contributed by atoms with Crippen molar-refractivity contribution in [3.63, 3.8) is 0 Å². The zero-order valence-corrected chi connectivity index (χ0v) is 13.4. The van der Waals surface area contributed by atoms with Gasteiger partial charge in [0.05, 0.1) is 0 Å². The lowest BCUT2D eigenvalue weighted by molar-refractivity contribution is -0.587. The molecule has 0 fully saturated rings. The summed E-state index contributed by atoms with van der Waals surface area (Å²) in [4.78, 5) is 0. The van der Waals surface area contributed by atoms with Crippen LogP contribution < -0.4 is 0 Å². The molecule has 0 amide bonds. The van der Waals surface area contributed by atoms with Crippen molar-refractivity contribution in [2.75, 3.05) is 0 Å². The van der Waals surface area contributed by atoms with E-state index < -0.39 is 0 Å². The number of rotatable bonds is 1. The van der Waals surface area contributed by atoms with Gasteiger partial charge in [0.15, 0.2) is 18.8 Å². The van der Waals surface area contributed by atoms with Gasteiger partial charge in [0.25, 0.3) is 0 Å². The van der Waals surface area contributed by atoms with Crippen molar-refractivity contribution in [1.29, 1.82) is 0 Å². The van der Waals surface area contributed by atoms with E-state index in [2.05, 4.69) is 87.0 Å². The van der Waals surface area contributed by atoms with Crippen molar-refractivity contribution in [1.82, 2.24) is 0 Å². The van der Waals surface area contributed by atoms with E-state index in [0.717, 1.165) is 6.54 Å². The molecule has 0 bridgehead atoms. The lowest BCUT2D eigenvalue weighted by Crippen LogP contribution is -2.35. The fourth-order valence-electron chi connectivity index (χ4n) is 2.94. The van der Waals surface area contributed by atoms with Crippen LogP contribution in [0.1, 0.15) is 38.8 Å². The van der Waals surface area contributed by atoms with Crippen LogP contribution in [0.5, 0.6) is 0 Å². The molecule has 0 saturated heterocycles. The summed E-state index contributed by atoms with van der Waals surface area (Å²) in [7, 11) is 0. The second-order valence-corrected chi connectivity index (χ2v) is 7.09. The molecule has 2 aromatic rings. The zero-order valence-electron chi connectivity index (χ0n) is 13.4. The van der Waals surface area contributed by atoms with E-state index in [9.17, 15) is 0 Å². The summed E-state index contributed by atoms with van der Waals surface area (Å²) in [6.07, 6.45) is 2.34. The number of hydrogen-bond donors (Lipinski definition) is 0. The third kappa shape index (κ3) is 2.65. The van der Waals surface area contributed by atoms with Crippen molar-refractivity contribution in [3.8, 4) is 11.1 Å². The maximum atomic E-state index is 2.49. The molecule has 1 heteroatoms. The lowest BCUT2D eigenvalue weighted by Gasteiger charge is -2.24. The molecule has 0 radical (unpaired) electrons. The molecular formula is C20H24N+. The Labute approximate surface area is 128 Å². The van der Waals surface area contributed by atoms with E-state index in [-0.39, 0.29) is 5.41 Å². The Kier molecular flexibility index (Phi) is 3.44. The van der Waals surface area contributed by atoms with E-state index >= 15 is 0 Å². The van der Waals surface area contributed by atoms with E-state index in [4.69, 9.17) is 0 Å². The quantitative estimate of drug-likeness (QED) is 0.663. The topological polar surface area (TPSA) is 3.01 Å². The fraction of sp³-hybridized carbons (Fsp3) is 0.350. The van der Waals surface area contributed by atoms with Gasteiger partial charge in [-0.15, -0.1) is 0 Å². The lowest BCUT2D eigenvalue weighted by atomic mass is 9.87. The molecule has 21 heavy (non-hydrogen) atoms. The molecule has 2 aromatic carbocycles. The van der Waals surface area contributed by atoms with Gasteiger partial charge in [0, 0.05) is 16.5 Å². The van der Waals surface area contributed by atoms with Crippen molar-refractivity contribution >= 4 is 6.21 Å². The van der Waals surface area contributed by atoms with Gasteiger partial charge in [0.1, 0.15) is 0 Å². The Balaban J connectivity index is 2.18. The molecule has 0 saturated carbocycles. The summed E-state index contributed by atoms with van der Waals surface area (Å²) in [5.74, 6) is 0. The van der Waals surface area contributed by atoms with Crippen molar-refractivity contribution in [3.05, 3.63) is 59.7 Å². The molecular weight excluding hydrogens is 254 g/mol. The standard InChI is InChI=1S/C20H24N/c1-15(20(2,3)4)21-13-16-9-5-7-11-18(16)19-12-8-6-10-17(19)14-21/h5-13,15H,14H2,1-4H3/q+1/t15-/m0/s1. The summed E-state index contributed by atoms with van der Waals surface area (Å²) < 4.78 is 2.49. The van der Waals surface area contributed by atoms with Crippen LogP contribution in [-0.2, 0) is 6.54 Å². The van der Waals surface area contributed by atoms with Gasteiger partial charge in [0.2, 0.25) is 0 Å². The third-order valence-corrected chi connectivity index (χ3v) is 4.68. The molecule has 1 nitrogen and oxygen atoms in total. The molecule has 0 aliphatic carbocycles. The Morgan fingerprint density at radius 2 is 1.52 bits per heavy atom. The van der Waals surface area contributed by atoms with Crippen LogP contribution in [0.2, 0.25) is 0 Å². The van der Waals surface area contributed by atoms with Gasteiger partial charge < -0.3 is 0 Å². The highest BCUT2D eigenvalue weighted by Crippen LogP contribution is 2.31. The maximum absolute atomic E-state index is 2.49. The Morgan fingerprint density at radius 1 is 0.905 bits per heavy atom. The van der Waals surface area contributed by atoms with E-state index in [0.29, 0.717) is 6.04 Å². The Hall–Kier alpha value is -1.89. The highest BCUT2D eigenvalue weighted by Gasteiger charge is 2.31. The number of nitrogens with zero attached hydrogens (tertiary/aromatic N) is 1. The summed E-state index contributed by atoms with van der Waals surface area (Å²) >= 11 is 0. The SMILES string of the molecule is C[C@H]([N+]1=Cc2ccccc2-c2ccccc2C1)C(C)(C)C. The van der Waals surface area contributed by atoms with Crippen LogP contribution in [0.15, 0.2) is 48.5 Å². The molecule has 108 valence electrons. The largest absolute Gasteiger partial charge is 0.228 e. The van der Waals surface area contributed by atoms with Gasteiger partial charge >= 0.3 is 0 Å². The molecule has 1 heterocycles. The Bertz CT molecular complexity index is 689. The van der Waals surface area contributed by atoms with Gasteiger partial charge in [-0.25, -0.2) is 4.58 Å². The van der Waals surface area contributed by atoms with E-state index in [1.807, 2.05) is 0 Å². The monoisotopic (exact) mass is 278 g/mol. The predicted molar refractivity (Wildman–Crippen MR) is 89.9 cm³/mol. The first-order valence-corrected chi connectivity index (χ1v) is 7.75. The van der Waals surface area contributed by atoms with Crippen LogP contribution in [0.4, 0.5) is 0 Å². The maximum Gasteiger partial charge on any atom is 0.171 e. The fourth-order valence-corrected chi connectivity index (χ4v) is 2.94. The summed E-state index contributed by atoms with van der Waals surface area (Å²) in [5.41, 5.74) is 5.70. The minimum atomic E-state index is 0.255. The Morgan fingerprint density at radius 3 is 2.24 bits per heavy atom. The molecule has 0 aromatic heterocycles. The van der Waals surface area contributed by atoms with Crippen LogP contribution >= 0.6 is 0 Å². The summed E-state index contributed by atoms with van der Waals surface area (Å²) in [5, 5.41) is 0. The van der Waals surface area contributed by atoms with Crippen LogP contribution in [0.3, 0.4) is 0 Å². The zero-order chi connectivity index (χ0) is 15.0. The highest BCUT2D eigenvalue weighted by atomic mass is 15.0. The molecule has 0 spiro atoms. The van der Waals surface area contributed by atoms with Crippen molar-refractivity contribution < 1.29 is 4.58 Å². The number of hydrogen-bond acceptors (Lipinski definition) is 0. The minimum absolute atomic E-state index is 0.255. The first-order chi connectivity index (χ1) is 9.97. The molecule has 1 atom stereocenters. The molecule has 1 aliphatic heterocycles. The van der Waals surface area contributed by atoms with Crippen molar-refractivity contribution in [2.45, 2.75) is 40.3 Å². The van der Waals surface area contributed by atoms with E-state index in [1.165, 1.54) is 22.3 Å². The number of benzene rings is 2. The smallest absolute Gasteiger partial charge is 0.171 e. The highest BCUT2D eigenvalue weighted by molar-refractivity contribution is 5.89. The van der Waals surface area contributed by atoms with Crippen LogP contribution in [-0.4, -0.2) is 16.8 Å². The van der Waals surface area contributed by atoms with Gasteiger partial charge in [-0.3, -0.25) is 0 Å². The average Bonchev–Trinajstić information content (AvgIpc) is 2.62. The van der Waals surface area contributed by atoms with Gasteiger partial charge in [-0.05, 0) is 24.1 Å². The average molecular weight is 278 g/mol. The summed E-state index contributed by atoms with van der Waals surface area (Å²) in [6.45, 7) is 10.2. The molecule has 0 unspecified atom stereocenters. The van der Waals surface area contributed by atoms with E-state index in [1.54, 1.807) is 0 Å². The van der Waals surface area contributed by atoms with Gasteiger partial charge in [-0.2, -0.15) is 0 Å². The molecule has 0 N–H and O–H groups in total. The first kappa shape index (κ1) is 14.1. The second-order valence-electron chi connectivity index (χ2n) is 7.09. The van der Waals surface area contributed by atoms with Crippen LogP contribution in [0, 0.1) is 5.41 Å². The molecule has 3 rings (SSSR count). The molecule has 1 aliphatic rings. The second kappa shape index (κ2) is 5.14. The third-order valence-electron chi connectivity index (χ3n) is 4.68. The minimum Gasteiger partial charge on any atom is -0.228 e. The normalized spacial score (nSPS) is 15.5. The predicted octanol–water partition coefficient (Wildman–Crippen LogP) is 4.73.